The van der Waals surface area contributed by atoms with E-state index in [9.17, 15) is 0 Å². The van der Waals surface area contributed by atoms with Crippen molar-refractivity contribution in [1.29, 1.82) is 0 Å². The fourth-order valence-electron chi connectivity index (χ4n) is 5.75. The summed E-state index contributed by atoms with van der Waals surface area (Å²) >= 11 is 0. The summed E-state index contributed by atoms with van der Waals surface area (Å²) in [6.07, 6.45) is 8.06. The summed E-state index contributed by atoms with van der Waals surface area (Å²) in [5, 5.41) is 4.29. The van der Waals surface area contributed by atoms with E-state index in [0.29, 0.717) is 24.2 Å². The summed E-state index contributed by atoms with van der Waals surface area (Å²) in [6, 6.07) is 16.7. The van der Waals surface area contributed by atoms with Crippen LogP contribution in [0.15, 0.2) is 59.1 Å². The lowest BCUT2D eigenvalue weighted by Gasteiger charge is -2.40. The Bertz CT molecular complexity index is 1170. The SMILES string of the molecule is COc1ccc(Cc2noc(C3=CC4(CCN(CC5CCCO5)CC4)c4ccccc43)n2)cc1. The zero-order chi connectivity index (χ0) is 23.0. The van der Waals surface area contributed by atoms with Gasteiger partial charge in [-0.15, -0.1) is 0 Å². The van der Waals surface area contributed by atoms with Crippen LogP contribution in [0.25, 0.3) is 5.57 Å². The molecule has 6 heteroatoms. The molecule has 0 bridgehead atoms. The highest BCUT2D eigenvalue weighted by Crippen LogP contribution is 2.48. The molecule has 2 saturated heterocycles. The largest absolute Gasteiger partial charge is 0.497 e. The number of rotatable bonds is 6. The number of allylic oxidation sites excluding steroid dienone is 1. The molecule has 1 spiro atoms. The van der Waals surface area contributed by atoms with Crippen molar-refractivity contribution < 1.29 is 14.0 Å². The van der Waals surface area contributed by atoms with Crippen LogP contribution in [0.2, 0.25) is 0 Å². The molecule has 3 aliphatic rings. The molecule has 1 unspecified atom stereocenters. The number of ether oxygens (including phenoxy) is 2. The van der Waals surface area contributed by atoms with Crippen molar-refractivity contribution in [2.45, 2.75) is 43.6 Å². The average molecular weight is 458 g/mol. The molecule has 34 heavy (non-hydrogen) atoms. The maximum Gasteiger partial charge on any atom is 0.258 e. The summed E-state index contributed by atoms with van der Waals surface area (Å²) in [6.45, 7) is 4.16. The number of aromatic nitrogens is 2. The lowest BCUT2D eigenvalue weighted by Crippen LogP contribution is -2.43. The minimum Gasteiger partial charge on any atom is -0.497 e. The third-order valence-corrected chi connectivity index (χ3v) is 7.63. The Morgan fingerprint density at radius 1 is 1.09 bits per heavy atom. The van der Waals surface area contributed by atoms with Gasteiger partial charge in [-0.2, -0.15) is 4.98 Å². The average Bonchev–Trinajstić information content (AvgIpc) is 3.62. The van der Waals surface area contributed by atoms with Gasteiger partial charge in [0.25, 0.3) is 5.89 Å². The second-order valence-electron chi connectivity index (χ2n) is 9.74. The summed E-state index contributed by atoms with van der Waals surface area (Å²) < 4.78 is 16.9. The van der Waals surface area contributed by atoms with E-state index in [1.807, 2.05) is 24.3 Å². The van der Waals surface area contributed by atoms with Crippen LogP contribution in [-0.4, -0.2) is 54.5 Å². The van der Waals surface area contributed by atoms with E-state index in [1.165, 1.54) is 24.0 Å². The molecule has 3 aromatic rings. The van der Waals surface area contributed by atoms with E-state index in [4.69, 9.17) is 19.0 Å². The predicted molar refractivity (Wildman–Crippen MR) is 130 cm³/mol. The van der Waals surface area contributed by atoms with Gasteiger partial charge in [-0.3, -0.25) is 0 Å². The molecule has 0 radical (unpaired) electrons. The summed E-state index contributed by atoms with van der Waals surface area (Å²) in [4.78, 5) is 7.36. The Kier molecular flexibility index (Phi) is 5.71. The molecular formula is C28H31N3O3. The van der Waals surface area contributed by atoms with Gasteiger partial charge in [0.2, 0.25) is 0 Å². The van der Waals surface area contributed by atoms with E-state index in [1.54, 1.807) is 7.11 Å². The van der Waals surface area contributed by atoms with Crippen LogP contribution >= 0.6 is 0 Å². The third-order valence-electron chi connectivity index (χ3n) is 7.63. The summed E-state index contributed by atoms with van der Waals surface area (Å²) in [7, 11) is 1.67. The van der Waals surface area contributed by atoms with Crippen molar-refractivity contribution in [2.24, 2.45) is 0 Å². The van der Waals surface area contributed by atoms with Gasteiger partial charge < -0.3 is 18.9 Å². The number of benzene rings is 2. The number of methoxy groups -OCH3 is 1. The first kappa shape index (κ1) is 21.6. The van der Waals surface area contributed by atoms with Crippen LogP contribution in [0.3, 0.4) is 0 Å². The van der Waals surface area contributed by atoms with Crippen LogP contribution in [0.5, 0.6) is 5.75 Å². The number of fused-ring (bicyclic) bond motifs is 2. The molecule has 1 aliphatic carbocycles. The number of hydrogen-bond acceptors (Lipinski definition) is 6. The maximum atomic E-state index is 5.87. The van der Waals surface area contributed by atoms with Gasteiger partial charge in [-0.05, 0) is 67.6 Å². The van der Waals surface area contributed by atoms with Gasteiger partial charge in [0.1, 0.15) is 5.75 Å². The quantitative estimate of drug-likeness (QED) is 0.538. The molecule has 2 fully saturated rings. The normalized spacial score (nSPS) is 21.6. The monoisotopic (exact) mass is 457 g/mol. The molecule has 6 rings (SSSR count). The third kappa shape index (κ3) is 4.05. The van der Waals surface area contributed by atoms with Crippen molar-refractivity contribution in [3.05, 3.63) is 83.0 Å². The molecule has 1 atom stereocenters. The lowest BCUT2D eigenvalue weighted by molar-refractivity contribution is 0.0597. The van der Waals surface area contributed by atoms with Crippen molar-refractivity contribution in [2.75, 3.05) is 33.4 Å². The summed E-state index contributed by atoms with van der Waals surface area (Å²) in [5.74, 6) is 2.16. The molecule has 6 nitrogen and oxygen atoms in total. The van der Waals surface area contributed by atoms with Gasteiger partial charge in [0, 0.05) is 30.6 Å². The number of nitrogens with zero attached hydrogens (tertiary/aromatic N) is 3. The molecule has 176 valence electrons. The standard InChI is InChI=1S/C28H31N3O3/c1-32-21-10-8-20(9-11-21)17-26-29-27(34-30-26)24-18-28(25-7-3-2-6-23(24)25)12-14-31(15-13-28)19-22-5-4-16-33-22/h2-3,6-11,18,22H,4-5,12-17,19H2,1H3. The van der Waals surface area contributed by atoms with E-state index in [-0.39, 0.29) is 5.41 Å². The Hall–Kier alpha value is -2.96. The molecule has 0 amide bonds. The fraction of sp³-hybridized carbons (Fsp3) is 0.429. The molecule has 2 aliphatic heterocycles. The lowest BCUT2D eigenvalue weighted by atomic mass is 9.74. The second kappa shape index (κ2) is 9.01. The highest BCUT2D eigenvalue weighted by molar-refractivity contribution is 5.84. The van der Waals surface area contributed by atoms with Gasteiger partial charge in [-0.1, -0.05) is 47.6 Å². The van der Waals surface area contributed by atoms with Crippen molar-refractivity contribution >= 4 is 5.57 Å². The smallest absolute Gasteiger partial charge is 0.258 e. The first-order valence-electron chi connectivity index (χ1n) is 12.3. The minimum atomic E-state index is 0.0452. The molecule has 2 aromatic carbocycles. The maximum absolute atomic E-state index is 5.87. The zero-order valence-electron chi connectivity index (χ0n) is 19.7. The zero-order valence-corrected chi connectivity index (χ0v) is 19.7. The minimum absolute atomic E-state index is 0.0452. The van der Waals surface area contributed by atoms with Crippen molar-refractivity contribution in [3.63, 3.8) is 0 Å². The van der Waals surface area contributed by atoms with Crippen LogP contribution in [-0.2, 0) is 16.6 Å². The van der Waals surface area contributed by atoms with E-state index in [0.717, 1.165) is 56.0 Å². The highest BCUT2D eigenvalue weighted by Gasteiger charge is 2.42. The molecule has 0 saturated carbocycles. The van der Waals surface area contributed by atoms with Gasteiger partial charge in [0.05, 0.1) is 13.2 Å². The van der Waals surface area contributed by atoms with Crippen LogP contribution in [0.1, 0.15) is 54.1 Å². The predicted octanol–water partition coefficient (Wildman–Crippen LogP) is 4.63. The van der Waals surface area contributed by atoms with E-state index < -0.39 is 0 Å². The number of piperidine rings is 1. The molecule has 1 aromatic heterocycles. The summed E-state index contributed by atoms with van der Waals surface area (Å²) in [5.41, 5.74) is 4.89. The Morgan fingerprint density at radius 3 is 2.68 bits per heavy atom. The first-order valence-corrected chi connectivity index (χ1v) is 12.3. The topological polar surface area (TPSA) is 60.6 Å². The Morgan fingerprint density at radius 2 is 1.91 bits per heavy atom. The van der Waals surface area contributed by atoms with Crippen LogP contribution in [0, 0.1) is 0 Å². The Balaban J connectivity index is 1.21. The van der Waals surface area contributed by atoms with E-state index >= 15 is 0 Å². The highest BCUT2D eigenvalue weighted by atomic mass is 16.5. The van der Waals surface area contributed by atoms with Crippen LogP contribution in [0.4, 0.5) is 0 Å². The number of likely N-dealkylation sites (tertiary alicyclic amines) is 1. The second-order valence-corrected chi connectivity index (χ2v) is 9.74. The molecular weight excluding hydrogens is 426 g/mol. The molecule has 3 heterocycles. The fourth-order valence-corrected chi connectivity index (χ4v) is 5.75. The van der Waals surface area contributed by atoms with Gasteiger partial charge in [-0.25, -0.2) is 0 Å². The van der Waals surface area contributed by atoms with E-state index in [2.05, 4.69) is 40.4 Å². The number of hydrogen-bond donors (Lipinski definition) is 0. The van der Waals surface area contributed by atoms with Gasteiger partial charge >= 0.3 is 0 Å². The Labute approximate surface area is 200 Å². The van der Waals surface area contributed by atoms with Crippen molar-refractivity contribution in [1.82, 2.24) is 15.0 Å². The van der Waals surface area contributed by atoms with Crippen molar-refractivity contribution in [3.8, 4) is 5.75 Å². The molecule has 0 N–H and O–H groups in total. The van der Waals surface area contributed by atoms with Crippen LogP contribution < -0.4 is 4.74 Å². The van der Waals surface area contributed by atoms with Gasteiger partial charge in [0.15, 0.2) is 5.82 Å². The first-order chi connectivity index (χ1) is 16.7.